The Kier molecular flexibility index (Phi) is 4.58. The van der Waals surface area contributed by atoms with E-state index in [2.05, 4.69) is 0 Å². The Morgan fingerprint density at radius 3 is 2.24 bits per heavy atom. The van der Waals surface area contributed by atoms with Gasteiger partial charge in [0.05, 0.1) is 23.2 Å². The van der Waals surface area contributed by atoms with Crippen molar-refractivity contribution in [3.8, 4) is 0 Å². The van der Waals surface area contributed by atoms with Gasteiger partial charge in [0, 0.05) is 19.3 Å². The van der Waals surface area contributed by atoms with Crippen molar-refractivity contribution < 1.29 is 27.8 Å². The minimum Gasteiger partial charge on any atom is -0.387 e. The van der Waals surface area contributed by atoms with Crippen LogP contribution in [0.3, 0.4) is 0 Å². The van der Waals surface area contributed by atoms with Crippen LogP contribution in [0.5, 0.6) is 0 Å². The van der Waals surface area contributed by atoms with Crippen molar-refractivity contribution in [2.75, 3.05) is 25.2 Å². The maximum Gasteiger partial charge on any atom is 0.416 e. The number of rotatable bonds is 3. The molecule has 1 heterocycles. The van der Waals surface area contributed by atoms with E-state index < -0.39 is 22.8 Å². The van der Waals surface area contributed by atoms with Gasteiger partial charge in [0.15, 0.2) is 0 Å². The first-order valence-electron chi connectivity index (χ1n) is 8.40. The molecule has 0 atom stereocenters. The quantitative estimate of drug-likeness (QED) is 0.902. The average Bonchev–Trinajstić information content (AvgIpc) is 2.87. The lowest BCUT2D eigenvalue weighted by molar-refractivity contribution is -0.137. The van der Waals surface area contributed by atoms with Gasteiger partial charge in [0.1, 0.15) is 0 Å². The number of methoxy groups -OCH3 is 1. The van der Waals surface area contributed by atoms with Crippen molar-refractivity contribution in [1.82, 2.24) is 0 Å². The standard InChI is InChI=1S/C18H22F3NO3/c1-25-12-17(24)8-6-16(7-9-17)10-11-22(15(16)23)14-4-2-13(3-5-14)18(19,20)21/h2-5,24H,6-12H2,1H3/t16-,17+. The molecule has 0 aromatic heterocycles. The van der Waals surface area contributed by atoms with Gasteiger partial charge in [0.2, 0.25) is 5.91 Å². The first-order valence-corrected chi connectivity index (χ1v) is 8.40. The number of ether oxygens (including phenoxy) is 1. The van der Waals surface area contributed by atoms with E-state index in [1.165, 1.54) is 19.2 Å². The number of hydrogen-bond acceptors (Lipinski definition) is 3. The fourth-order valence-electron chi connectivity index (χ4n) is 3.97. The fraction of sp³-hybridized carbons (Fsp3) is 0.611. The van der Waals surface area contributed by atoms with E-state index in [-0.39, 0.29) is 12.5 Å². The highest BCUT2D eigenvalue weighted by Crippen LogP contribution is 2.48. The smallest absolute Gasteiger partial charge is 0.387 e. The Labute approximate surface area is 144 Å². The summed E-state index contributed by atoms with van der Waals surface area (Å²) < 4.78 is 43.1. The van der Waals surface area contributed by atoms with Crippen LogP contribution in [-0.4, -0.2) is 36.9 Å². The summed E-state index contributed by atoms with van der Waals surface area (Å²) in [7, 11) is 1.54. The second-order valence-corrected chi connectivity index (χ2v) is 7.19. The van der Waals surface area contributed by atoms with Crippen LogP contribution in [0, 0.1) is 5.41 Å². The monoisotopic (exact) mass is 357 g/mol. The van der Waals surface area contributed by atoms with E-state index in [1.807, 2.05) is 0 Å². The third-order valence-corrected chi connectivity index (χ3v) is 5.57. The second-order valence-electron chi connectivity index (χ2n) is 7.19. The van der Waals surface area contributed by atoms with Crippen LogP contribution in [0.1, 0.15) is 37.7 Å². The Morgan fingerprint density at radius 2 is 1.72 bits per heavy atom. The van der Waals surface area contributed by atoms with E-state index in [9.17, 15) is 23.1 Å². The average molecular weight is 357 g/mol. The minimum atomic E-state index is -4.38. The zero-order valence-corrected chi connectivity index (χ0v) is 14.1. The van der Waals surface area contributed by atoms with E-state index in [0.29, 0.717) is 44.3 Å². The van der Waals surface area contributed by atoms with Crippen molar-refractivity contribution >= 4 is 11.6 Å². The number of aliphatic hydroxyl groups is 1. The number of halogens is 3. The number of anilines is 1. The molecule has 2 aliphatic rings. The highest BCUT2D eigenvalue weighted by atomic mass is 19.4. The number of carbonyl (C=O) groups excluding carboxylic acids is 1. The molecule has 1 aliphatic carbocycles. The molecule has 0 unspecified atom stereocenters. The van der Waals surface area contributed by atoms with Gasteiger partial charge in [-0.3, -0.25) is 4.79 Å². The normalized spacial score (nSPS) is 30.3. The van der Waals surface area contributed by atoms with Crippen LogP contribution < -0.4 is 4.90 Å². The van der Waals surface area contributed by atoms with Crippen molar-refractivity contribution in [2.24, 2.45) is 5.41 Å². The maximum atomic E-state index is 12.9. The maximum absolute atomic E-state index is 12.9. The number of amides is 1. The largest absolute Gasteiger partial charge is 0.416 e. The molecule has 0 radical (unpaired) electrons. The summed E-state index contributed by atoms with van der Waals surface area (Å²) in [5.74, 6) is -0.0493. The zero-order valence-electron chi connectivity index (χ0n) is 14.1. The molecule has 1 aromatic rings. The van der Waals surface area contributed by atoms with E-state index in [1.54, 1.807) is 4.90 Å². The molecule has 1 saturated carbocycles. The molecular formula is C18H22F3NO3. The molecule has 3 rings (SSSR count). The van der Waals surface area contributed by atoms with E-state index >= 15 is 0 Å². The van der Waals surface area contributed by atoms with Crippen molar-refractivity contribution in [1.29, 1.82) is 0 Å². The van der Waals surface area contributed by atoms with E-state index in [0.717, 1.165) is 12.1 Å². The second kappa shape index (κ2) is 6.29. The van der Waals surface area contributed by atoms with Gasteiger partial charge >= 0.3 is 6.18 Å². The van der Waals surface area contributed by atoms with Crippen LogP contribution in [0.15, 0.2) is 24.3 Å². The van der Waals surface area contributed by atoms with Gasteiger partial charge in [-0.25, -0.2) is 0 Å². The number of benzene rings is 1. The molecule has 138 valence electrons. The van der Waals surface area contributed by atoms with Crippen LogP contribution in [0.25, 0.3) is 0 Å². The van der Waals surface area contributed by atoms with Gasteiger partial charge in [-0.1, -0.05) is 0 Å². The number of alkyl halides is 3. The van der Waals surface area contributed by atoms with Crippen LogP contribution in [0.2, 0.25) is 0 Å². The molecule has 1 amide bonds. The summed E-state index contributed by atoms with van der Waals surface area (Å²) in [5.41, 5.74) is -1.63. The predicted molar refractivity (Wildman–Crippen MR) is 86.1 cm³/mol. The summed E-state index contributed by atoms with van der Waals surface area (Å²) in [5, 5.41) is 10.4. The number of carbonyl (C=O) groups is 1. The lowest BCUT2D eigenvalue weighted by atomic mass is 9.68. The summed E-state index contributed by atoms with van der Waals surface area (Å²) >= 11 is 0. The highest BCUT2D eigenvalue weighted by Gasteiger charge is 2.51. The van der Waals surface area contributed by atoms with Gasteiger partial charge in [-0.05, 0) is 56.4 Å². The van der Waals surface area contributed by atoms with Crippen molar-refractivity contribution in [3.05, 3.63) is 29.8 Å². The topological polar surface area (TPSA) is 49.8 Å². The molecule has 2 fully saturated rings. The molecule has 25 heavy (non-hydrogen) atoms. The van der Waals surface area contributed by atoms with Crippen LogP contribution in [0.4, 0.5) is 18.9 Å². The van der Waals surface area contributed by atoms with Crippen LogP contribution in [-0.2, 0) is 15.7 Å². The SMILES string of the molecule is COC[C@]1(O)CC[C@]2(CCN(c3ccc(C(F)(F)F)cc3)C2=O)CC1. The lowest BCUT2D eigenvalue weighted by Crippen LogP contribution is -2.45. The van der Waals surface area contributed by atoms with Gasteiger partial charge in [-0.15, -0.1) is 0 Å². The minimum absolute atomic E-state index is 0.0493. The molecule has 1 spiro atoms. The molecule has 1 aromatic carbocycles. The Hall–Kier alpha value is -1.60. The first-order chi connectivity index (χ1) is 11.7. The summed E-state index contributed by atoms with van der Waals surface area (Å²) in [4.78, 5) is 14.5. The molecule has 7 heteroatoms. The summed E-state index contributed by atoms with van der Waals surface area (Å²) in [6, 6.07) is 4.71. The Morgan fingerprint density at radius 1 is 1.12 bits per heavy atom. The first kappa shape index (κ1) is 18.2. The zero-order chi connectivity index (χ0) is 18.3. The third-order valence-electron chi connectivity index (χ3n) is 5.57. The Bertz CT molecular complexity index is 634. The van der Waals surface area contributed by atoms with Gasteiger partial charge < -0.3 is 14.7 Å². The Balaban J connectivity index is 1.72. The van der Waals surface area contributed by atoms with Gasteiger partial charge in [0.25, 0.3) is 0 Å². The summed E-state index contributed by atoms with van der Waals surface area (Å²) in [6.07, 6.45) is -1.59. The number of hydrogen-bond donors (Lipinski definition) is 1. The van der Waals surface area contributed by atoms with Gasteiger partial charge in [-0.2, -0.15) is 13.2 Å². The van der Waals surface area contributed by atoms with Crippen molar-refractivity contribution in [2.45, 2.75) is 43.9 Å². The summed E-state index contributed by atoms with van der Waals surface area (Å²) in [6.45, 7) is 0.743. The molecular weight excluding hydrogens is 335 g/mol. The van der Waals surface area contributed by atoms with Crippen LogP contribution >= 0.6 is 0 Å². The molecule has 1 saturated heterocycles. The third kappa shape index (κ3) is 3.40. The lowest BCUT2D eigenvalue weighted by Gasteiger charge is -2.40. The molecule has 0 bridgehead atoms. The highest BCUT2D eigenvalue weighted by molar-refractivity contribution is 6.00. The molecule has 4 nitrogen and oxygen atoms in total. The van der Waals surface area contributed by atoms with E-state index in [4.69, 9.17) is 4.74 Å². The molecule has 1 N–H and O–H groups in total. The predicted octanol–water partition coefficient (Wildman–Crippen LogP) is 3.38. The van der Waals surface area contributed by atoms with Crippen molar-refractivity contribution in [3.63, 3.8) is 0 Å². The fourth-order valence-corrected chi connectivity index (χ4v) is 3.97. The number of nitrogens with zero attached hydrogens (tertiary/aromatic N) is 1. The molecule has 1 aliphatic heterocycles.